The summed E-state index contributed by atoms with van der Waals surface area (Å²) in [7, 11) is 1.40. The Hall–Kier alpha value is 0.177. The third-order valence-corrected chi connectivity index (χ3v) is 1.41. The van der Waals surface area contributed by atoms with E-state index >= 15 is 0 Å². The Bertz CT molecular complexity index is 15.0. The Labute approximate surface area is 43.1 Å². The van der Waals surface area contributed by atoms with E-state index in [0.717, 1.165) is 0 Å². The average Bonchev–Trinajstić information content (AvgIpc) is 1.41. The maximum atomic E-state index is 2.23. The summed E-state index contributed by atoms with van der Waals surface area (Å²) in [5.41, 5.74) is 0. The summed E-state index contributed by atoms with van der Waals surface area (Å²) in [6.45, 7) is 2.23. The Morgan fingerprint density at radius 1 is 1.50 bits per heavy atom. The molecule has 0 saturated heterocycles. The largest absolute Gasteiger partial charge is 0.344 e. The van der Waals surface area contributed by atoms with E-state index in [1.165, 1.54) is 29.1 Å². The number of rotatable bonds is 2. The number of unbranched alkanes of at least 4 members (excludes halogenated alkanes) is 1. The van der Waals surface area contributed by atoms with E-state index in [1.54, 1.807) is 0 Å². The zero-order chi connectivity index (χ0) is 4.12. The zero-order valence-corrected chi connectivity index (χ0v) is 6.83. The van der Waals surface area contributed by atoms with Gasteiger partial charge >= 0.3 is 0 Å². The Morgan fingerprint density at radius 2 is 2.00 bits per heavy atom. The molecule has 0 radical (unpaired) electrons. The van der Waals surface area contributed by atoms with Crippen molar-refractivity contribution in [3.8, 4) is 0 Å². The van der Waals surface area contributed by atoms with Crippen LogP contribution in [0.3, 0.4) is 0 Å². The van der Waals surface area contributed by atoms with Crippen molar-refractivity contribution in [3.05, 3.63) is 0 Å². The molecule has 0 unspecified atom stereocenters. The van der Waals surface area contributed by atoms with Crippen LogP contribution < -0.4 is 6.15 Å². The Balaban J connectivity index is 0. The molecule has 0 aliphatic rings. The van der Waals surface area contributed by atoms with Crippen molar-refractivity contribution in [2.45, 2.75) is 25.8 Å². The molecule has 3 N–H and O–H groups in total. The fraction of sp³-hybridized carbons (Fsp3) is 1.00. The van der Waals surface area contributed by atoms with Crippen LogP contribution in [0.5, 0.6) is 0 Å². The van der Waals surface area contributed by atoms with Crippen molar-refractivity contribution in [2.75, 3.05) is 0 Å². The van der Waals surface area contributed by atoms with E-state index in [1.807, 2.05) is 0 Å². The molecule has 1 nitrogen and oxygen atoms in total. The summed E-state index contributed by atoms with van der Waals surface area (Å²) in [6.07, 6.45) is 2.83. The summed E-state index contributed by atoms with van der Waals surface area (Å²) in [5.74, 6) is 0. The molecule has 0 amide bonds. The first-order valence-corrected chi connectivity index (χ1v) is 3.83. The SMILES string of the molecule is CCCC[SiH3].N. The lowest BCUT2D eigenvalue weighted by atomic mass is 10.4. The van der Waals surface area contributed by atoms with Crippen LogP contribution in [0.15, 0.2) is 0 Å². The van der Waals surface area contributed by atoms with Gasteiger partial charge in [0.25, 0.3) is 0 Å². The molecule has 0 rings (SSSR count). The minimum absolute atomic E-state index is 0. The van der Waals surface area contributed by atoms with E-state index in [0.29, 0.717) is 0 Å². The van der Waals surface area contributed by atoms with E-state index in [9.17, 15) is 0 Å². The normalized spacial score (nSPS) is 7.50. The average molecular weight is 105 g/mol. The molecule has 6 heavy (non-hydrogen) atoms. The minimum Gasteiger partial charge on any atom is -0.344 e. The number of hydrogen-bond acceptors (Lipinski definition) is 1. The summed E-state index contributed by atoms with van der Waals surface area (Å²) in [5, 5.41) is 0. The first kappa shape index (κ1) is 9.49. The van der Waals surface area contributed by atoms with Gasteiger partial charge in [-0.05, 0) is 0 Å². The second kappa shape index (κ2) is 8.95. The van der Waals surface area contributed by atoms with Crippen LogP contribution >= 0.6 is 0 Å². The second-order valence-corrected chi connectivity index (χ2v) is 2.35. The molecule has 0 spiro atoms. The van der Waals surface area contributed by atoms with Gasteiger partial charge < -0.3 is 6.15 Å². The molecule has 40 valence electrons. The predicted octanol–water partition coefficient (Wildman–Crippen LogP) is 0.732. The lowest BCUT2D eigenvalue weighted by Gasteiger charge is -1.79. The van der Waals surface area contributed by atoms with Crippen molar-refractivity contribution in [2.24, 2.45) is 0 Å². The third-order valence-electron chi connectivity index (χ3n) is 0.707. The van der Waals surface area contributed by atoms with Gasteiger partial charge in [-0.25, -0.2) is 0 Å². The van der Waals surface area contributed by atoms with E-state index in [-0.39, 0.29) is 6.15 Å². The van der Waals surface area contributed by atoms with E-state index in [2.05, 4.69) is 6.92 Å². The maximum Gasteiger partial charge on any atom is 0.00279 e. The molecule has 0 aliphatic heterocycles. The van der Waals surface area contributed by atoms with Crippen LogP contribution in [0.2, 0.25) is 6.04 Å². The molecule has 0 aromatic heterocycles. The quantitative estimate of drug-likeness (QED) is 0.516. The molecule has 2 heteroatoms. The Kier molecular flexibility index (Phi) is 14.2. The van der Waals surface area contributed by atoms with Crippen molar-refractivity contribution >= 4 is 10.2 Å². The topological polar surface area (TPSA) is 35.0 Å². The monoisotopic (exact) mass is 105 g/mol. The standard InChI is InChI=1S/C4H12Si.H3N/c1-2-3-4-5;/h2-4H2,1,5H3;1H3. The molecule has 0 aromatic rings. The van der Waals surface area contributed by atoms with Crippen LogP contribution in [0.25, 0.3) is 0 Å². The predicted molar refractivity (Wildman–Crippen MR) is 34.7 cm³/mol. The molecule has 0 saturated carbocycles. The van der Waals surface area contributed by atoms with Gasteiger partial charge in [0.15, 0.2) is 0 Å². The highest BCUT2D eigenvalue weighted by atomic mass is 28.1. The molecule has 0 heterocycles. The number of hydrogen-bond donors (Lipinski definition) is 1. The highest BCUT2D eigenvalue weighted by molar-refractivity contribution is 6.08. The van der Waals surface area contributed by atoms with Gasteiger partial charge in [-0.1, -0.05) is 25.8 Å². The lowest BCUT2D eigenvalue weighted by molar-refractivity contribution is 0.884. The van der Waals surface area contributed by atoms with Crippen LogP contribution in [0.1, 0.15) is 19.8 Å². The van der Waals surface area contributed by atoms with Gasteiger partial charge in [-0.3, -0.25) is 0 Å². The van der Waals surface area contributed by atoms with Gasteiger partial charge in [-0.2, -0.15) is 0 Å². The van der Waals surface area contributed by atoms with Crippen molar-refractivity contribution in [1.29, 1.82) is 0 Å². The molecule has 0 aromatic carbocycles. The fourth-order valence-corrected chi connectivity index (χ4v) is 1.06. The summed E-state index contributed by atoms with van der Waals surface area (Å²) < 4.78 is 0. The van der Waals surface area contributed by atoms with Gasteiger partial charge in [0.05, 0.1) is 0 Å². The fourth-order valence-electron chi connectivity index (χ4n) is 0.354. The molecular weight excluding hydrogens is 90.1 g/mol. The third kappa shape index (κ3) is 8.90. The van der Waals surface area contributed by atoms with Crippen LogP contribution in [0, 0.1) is 0 Å². The van der Waals surface area contributed by atoms with Gasteiger partial charge in [0.1, 0.15) is 0 Å². The van der Waals surface area contributed by atoms with Crippen LogP contribution in [-0.2, 0) is 0 Å². The van der Waals surface area contributed by atoms with Crippen molar-refractivity contribution in [3.63, 3.8) is 0 Å². The highest BCUT2D eigenvalue weighted by Crippen LogP contribution is 1.86. The van der Waals surface area contributed by atoms with Gasteiger partial charge in [-0.15, -0.1) is 0 Å². The molecule has 0 fully saturated rings. The smallest absolute Gasteiger partial charge is 0.00279 e. The van der Waals surface area contributed by atoms with Crippen molar-refractivity contribution in [1.82, 2.24) is 6.15 Å². The van der Waals surface area contributed by atoms with Crippen LogP contribution in [0.4, 0.5) is 0 Å². The zero-order valence-electron chi connectivity index (χ0n) is 4.83. The lowest BCUT2D eigenvalue weighted by Crippen LogP contribution is -1.63. The minimum atomic E-state index is 0. The molecule has 0 aliphatic carbocycles. The van der Waals surface area contributed by atoms with Crippen molar-refractivity contribution < 1.29 is 0 Å². The molecule has 0 atom stereocenters. The summed E-state index contributed by atoms with van der Waals surface area (Å²) >= 11 is 0. The van der Waals surface area contributed by atoms with E-state index in [4.69, 9.17) is 0 Å². The first-order valence-electron chi connectivity index (χ1n) is 2.41. The highest BCUT2D eigenvalue weighted by Gasteiger charge is 1.68. The molecular formula is C4H15NSi. The van der Waals surface area contributed by atoms with Gasteiger partial charge in [0.2, 0.25) is 0 Å². The first-order chi connectivity index (χ1) is 2.41. The maximum absolute atomic E-state index is 2.23. The Morgan fingerprint density at radius 3 is 2.00 bits per heavy atom. The van der Waals surface area contributed by atoms with E-state index < -0.39 is 0 Å². The van der Waals surface area contributed by atoms with Gasteiger partial charge in [0, 0.05) is 10.2 Å². The summed E-state index contributed by atoms with van der Waals surface area (Å²) in [4.78, 5) is 0. The summed E-state index contributed by atoms with van der Waals surface area (Å²) in [6, 6.07) is 1.48. The van der Waals surface area contributed by atoms with Crippen LogP contribution in [-0.4, -0.2) is 10.2 Å². The molecule has 0 bridgehead atoms. The second-order valence-electron chi connectivity index (χ2n) is 1.35.